The van der Waals surface area contributed by atoms with Crippen LogP contribution in [0.5, 0.6) is 0 Å². The molecule has 5 nitrogen and oxygen atoms in total. The fourth-order valence-corrected chi connectivity index (χ4v) is 3.29. The first-order chi connectivity index (χ1) is 13.4. The monoisotopic (exact) mass is 405 g/mol. The van der Waals surface area contributed by atoms with Crippen LogP contribution in [0, 0.1) is 0 Å². The van der Waals surface area contributed by atoms with E-state index in [4.69, 9.17) is 11.6 Å². The highest BCUT2D eigenvalue weighted by Gasteiger charge is 2.30. The van der Waals surface area contributed by atoms with Crippen LogP contribution in [0.25, 0.3) is 17.0 Å². The van der Waals surface area contributed by atoms with Crippen molar-refractivity contribution in [2.75, 3.05) is 11.4 Å². The van der Waals surface area contributed by atoms with Crippen LogP contribution in [-0.2, 0) is 12.6 Å². The molecule has 0 N–H and O–H groups in total. The quantitative estimate of drug-likeness (QED) is 0.615. The van der Waals surface area contributed by atoms with Crippen molar-refractivity contribution in [1.29, 1.82) is 0 Å². The van der Waals surface area contributed by atoms with E-state index in [0.717, 1.165) is 18.0 Å². The number of benzene rings is 1. The molecule has 3 heterocycles. The molecule has 144 valence electrons. The first-order valence-electron chi connectivity index (χ1n) is 8.58. The number of imidazole rings is 1. The lowest BCUT2D eigenvalue weighted by Crippen LogP contribution is -2.29. The van der Waals surface area contributed by atoms with Crippen LogP contribution in [0.3, 0.4) is 0 Å². The van der Waals surface area contributed by atoms with Gasteiger partial charge in [0.05, 0.1) is 28.8 Å². The molecule has 9 heteroatoms. The van der Waals surface area contributed by atoms with E-state index in [0.29, 0.717) is 40.7 Å². The molecule has 0 spiro atoms. The number of aliphatic imine (C=N–C) groups is 1. The minimum atomic E-state index is -4.38. The van der Waals surface area contributed by atoms with Crippen molar-refractivity contribution >= 4 is 40.5 Å². The van der Waals surface area contributed by atoms with Crippen molar-refractivity contribution < 1.29 is 13.2 Å². The van der Waals surface area contributed by atoms with Gasteiger partial charge < -0.3 is 4.90 Å². The molecule has 1 aromatic carbocycles. The van der Waals surface area contributed by atoms with E-state index in [2.05, 4.69) is 15.0 Å². The number of fused-ring (bicyclic) bond motifs is 1. The van der Waals surface area contributed by atoms with Gasteiger partial charge in [-0.25, -0.2) is 9.97 Å². The van der Waals surface area contributed by atoms with Gasteiger partial charge in [-0.15, -0.1) is 0 Å². The van der Waals surface area contributed by atoms with Gasteiger partial charge in [0.25, 0.3) is 0 Å². The molecule has 0 radical (unpaired) electrons. The van der Waals surface area contributed by atoms with Gasteiger partial charge in [-0.05, 0) is 30.3 Å². The molecular formula is C19H15ClF3N5. The third-order valence-corrected chi connectivity index (χ3v) is 4.64. The van der Waals surface area contributed by atoms with Crippen molar-refractivity contribution in [1.82, 2.24) is 14.5 Å². The van der Waals surface area contributed by atoms with Crippen molar-refractivity contribution in [3.05, 3.63) is 59.1 Å². The Bertz CT molecular complexity index is 1080. The molecule has 0 saturated heterocycles. The number of rotatable bonds is 3. The van der Waals surface area contributed by atoms with E-state index in [1.165, 1.54) is 18.3 Å². The first kappa shape index (κ1) is 18.5. The van der Waals surface area contributed by atoms with Crippen LogP contribution < -0.4 is 4.90 Å². The Labute approximate surface area is 163 Å². The first-order valence-corrected chi connectivity index (χ1v) is 8.96. The molecule has 1 aliphatic rings. The van der Waals surface area contributed by atoms with E-state index in [-0.39, 0.29) is 0 Å². The van der Waals surface area contributed by atoms with E-state index in [1.54, 1.807) is 18.5 Å². The molecule has 3 aromatic rings. The maximum absolute atomic E-state index is 12.9. The van der Waals surface area contributed by atoms with Gasteiger partial charge in [-0.3, -0.25) is 9.56 Å². The van der Waals surface area contributed by atoms with Gasteiger partial charge in [0.15, 0.2) is 5.65 Å². The number of pyridine rings is 1. The van der Waals surface area contributed by atoms with Crippen LogP contribution in [-0.4, -0.2) is 27.3 Å². The minimum absolute atomic E-state index is 0.411. The fourth-order valence-electron chi connectivity index (χ4n) is 3.13. The predicted molar refractivity (Wildman–Crippen MR) is 103 cm³/mol. The van der Waals surface area contributed by atoms with Gasteiger partial charge in [0.2, 0.25) is 0 Å². The SMILES string of the molecule is CCc1nc2ncc(Cl)cc2n1C1=CN=CCN1c1ccc(C(F)(F)F)cc1. The largest absolute Gasteiger partial charge is 0.416 e. The van der Waals surface area contributed by atoms with Gasteiger partial charge >= 0.3 is 6.18 Å². The summed E-state index contributed by atoms with van der Waals surface area (Å²) in [6.45, 7) is 2.38. The Morgan fingerprint density at radius 2 is 1.93 bits per heavy atom. The van der Waals surface area contributed by atoms with Gasteiger partial charge in [0.1, 0.15) is 11.6 Å². The number of aromatic nitrogens is 3. The second-order valence-corrected chi connectivity index (χ2v) is 6.62. The Morgan fingerprint density at radius 3 is 2.61 bits per heavy atom. The van der Waals surface area contributed by atoms with Crippen LogP contribution in [0.4, 0.5) is 18.9 Å². The highest BCUT2D eigenvalue weighted by molar-refractivity contribution is 6.31. The Balaban J connectivity index is 1.82. The minimum Gasteiger partial charge on any atom is -0.321 e. The summed E-state index contributed by atoms with van der Waals surface area (Å²) in [6, 6.07) is 6.81. The predicted octanol–water partition coefficient (Wildman–Crippen LogP) is 5.01. The summed E-state index contributed by atoms with van der Waals surface area (Å²) in [6.07, 6.45) is 1.13. The number of alkyl halides is 3. The second-order valence-electron chi connectivity index (χ2n) is 6.19. The van der Waals surface area contributed by atoms with E-state index in [9.17, 15) is 13.2 Å². The van der Waals surface area contributed by atoms with Crippen molar-refractivity contribution in [2.24, 2.45) is 4.99 Å². The zero-order valence-electron chi connectivity index (χ0n) is 14.8. The van der Waals surface area contributed by atoms with Crippen LogP contribution >= 0.6 is 11.6 Å². The lowest BCUT2D eigenvalue weighted by Gasteiger charge is -2.29. The normalized spacial score (nSPS) is 14.6. The van der Waals surface area contributed by atoms with E-state index in [1.807, 2.05) is 16.4 Å². The van der Waals surface area contributed by atoms with Gasteiger partial charge in [0, 0.05) is 24.5 Å². The van der Waals surface area contributed by atoms with Crippen LogP contribution in [0.2, 0.25) is 5.02 Å². The summed E-state index contributed by atoms with van der Waals surface area (Å²) in [7, 11) is 0. The van der Waals surface area contributed by atoms with Gasteiger partial charge in [-0.2, -0.15) is 13.2 Å². The molecule has 0 atom stereocenters. The number of nitrogens with zero attached hydrogens (tertiary/aromatic N) is 5. The van der Waals surface area contributed by atoms with Crippen molar-refractivity contribution in [3.8, 4) is 0 Å². The number of hydrogen-bond acceptors (Lipinski definition) is 4. The van der Waals surface area contributed by atoms with Crippen molar-refractivity contribution in [2.45, 2.75) is 19.5 Å². The average molecular weight is 406 g/mol. The van der Waals surface area contributed by atoms with Crippen LogP contribution in [0.1, 0.15) is 18.3 Å². The van der Waals surface area contributed by atoms with Gasteiger partial charge in [-0.1, -0.05) is 18.5 Å². The fraction of sp³-hybridized carbons (Fsp3) is 0.211. The van der Waals surface area contributed by atoms with E-state index < -0.39 is 11.7 Å². The molecule has 0 amide bonds. The molecule has 4 rings (SSSR count). The third-order valence-electron chi connectivity index (χ3n) is 4.44. The third kappa shape index (κ3) is 3.24. The van der Waals surface area contributed by atoms with Crippen LogP contribution in [0.15, 0.2) is 47.7 Å². The molecule has 0 bridgehead atoms. The van der Waals surface area contributed by atoms with Crippen molar-refractivity contribution in [3.63, 3.8) is 0 Å². The molecule has 0 aliphatic carbocycles. The van der Waals surface area contributed by atoms with E-state index >= 15 is 0 Å². The topological polar surface area (TPSA) is 46.3 Å². The number of anilines is 1. The molecule has 28 heavy (non-hydrogen) atoms. The number of aryl methyl sites for hydroxylation is 1. The summed E-state index contributed by atoms with van der Waals surface area (Å²) < 4.78 is 40.6. The summed E-state index contributed by atoms with van der Waals surface area (Å²) in [5.74, 6) is 1.43. The lowest BCUT2D eigenvalue weighted by molar-refractivity contribution is -0.137. The lowest BCUT2D eigenvalue weighted by atomic mass is 10.2. The average Bonchev–Trinajstić information content (AvgIpc) is 3.05. The summed E-state index contributed by atoms with van der Waals surface area (Å²) in [5.41, 5.74) is 1.18. The summed E-state index contributed by atoms with van der Waals surface area (Å²) in [5, 5.41) is 0.470. The molecule has 0 fully saturated rings. The smallest absolute Gasteiger partial charge is 0.321 e. The molecule has 0 unspecified atom stereocenters. The molecular weight excluding hydrogens is 391 g/mol. The zero-order valence-corrected chi connectivity index (χ0v) is 15.5. The Kier molecular flexibility index (Phi) is 4.58. The Hall–Kier alpha value is -2.87. The number of hydrogen-bond donors (Lipinski definition) is 0. The second kappa shape index (κ2) is 6.94. The highest BCUT2D eigenvalue weighted by atomic mass is 35.5. The summed E-state index contributed by atoms with van der Waals surface area (Å²) >= 11 is 6.12. The highest BCUT2D eigenvalue weighted by Crippen LogP contribution is 2.33. The molecule has 0 saturated carbocycles. The standard InChI is InChI=1S/C19H15ClF3N5/c1-2-16-26-18-15(9-13(20)10-25-18)28(16)17-11-24-7-8-27(17)14-5-3-12(4-6-14)19(21,22)23/h3-7,9-11H,2,8H2,1H3. The zero-order chi connectivity index (χ0) is 19.9. The number of halogens is 4. The molecule has 2 aromatic heterocycles. The molecule has 1 aliphatic heterocycles. The Morgan fingerprint density at radius 1 is 1.18 bits per heavy atom. The maximum Gasteiger partial charge on any atom is 0.416 e. The maximum atomic E-state index is 12.9. The summed E-state index contributed by atoms with van der Waals surface area (Å²) in [4.78, 5) is 14.9.